The Morgan fingerprint density at radius 2 is 1.71 bits per heavy atom. The Balaban J connectivity index is 2.38. The molecule has 0 fully saturated rings. The summed E-state index contributed by atoms with van der Waals surface area (Å²) in [5.41, 5.74) is 0.151. The van der Waals surface area contributed by atoms with E-state index in [0.717, 1.165) is 18.1 Å². The molecule has 0 saturated carbocycles. The van der Waals surface area contributed by atoms with Crippen LogP contribution in [0, 0.1) is 5.92 Å². The molecule has 1 heterocycles. The van der Waals surface area contributed by atoms with Gasteiger partial charge in [0, 0.05) is 11.8 Å². The third-order valence-corrected chi connectivity index (χ3v) is 3.08. The van der Waals surface area contributed by atoms with Gasteiger partial charge < -0.3 is 4.98 Å². The molecule has 2 aromatic rings. The summed E-state index contributed by atoms with van der Waals surface area (Å²) in [6, 6.07) is 8.71. The number of pyridine rings is 1. The van der Waals surface area contributed by atoms with E-state index in [1.165, 1.54) is 0 Å². The second-order valence-electron chi connectivity index (χ2n) is 5.44. The van der Waals surface area contributed by atoms with E-state index in [2.05, 4.69) is 18.8 Å². The Labute approximate surface area is 120 Å². The van der Waals surface area contributed by atoms with Gasteiger partial charge >= 0.3 is 6.18 Å². The van der Waals surface area contributed by atoms with E-state index < -0.39 is 17.3 Å². The number of hydrogen-bond acceptors (Lipinski definition) is 1. The van der Waals surface area contributed by atoms with Crippen molar-refractivity contribution in [3.05, 3.63) is 57.9 Å². The van der Waals surface area contributed by atoms with Gasteiger partial charge in [-0.15, -0.1) is 0 Å². The summed E-state index contributed by atoms with van der Waals surface area (Å²) in [6.45, 7) is 4.19. The fourth-order valence-corrected chi connectivity index (χ4v) is 2.15. The molecule has 0 aliphatic carbocycles. The quantitative estimate of drug-likeness (QED) is 0.901. The molecule has 0 amide bonds. The van der Waals surface area contributed by atoms with Gasteiger partial charge in [0.25, 0.3) is 0 Å². The summed E-state index contributed by atoms with van der Waals surface area (Å²) in [5, 5.41) is 0. The smallest absolute Gasteiger partial charge is 0.322 e. The molecule has 0 spiro atoms. The molecule has 5 heteroatoms. The van der Waals surface area contributed by atoms with Gasteiger partial charge in [0.2, 0.25) is 5.56 Å². The Hall–Kier alpha value is -2.04. The fourth-order valence-electron chi connectivity index (χ4n) is 2.15. The number of aromatic nitrogens is 1. The maximum atomic E-state index is 12.7. The highest BCUT2D eigenvalue weighted by molar-refractivity contribution is 5.60. The second-order valence-corrected chi connectivity index (χ2v) is 5.44. The number of nitrogens with one attached hydrogen (secondary N) is 1. The molecule has 112 valence electrons. The van der Waals surface area contributed by atoms with Crippen LogP contribution in [0.5, 0.6) is 0 Å². The molecule has 21 heavy (non-hydrogen) atoms. The lowest BCUT2D eigenvalue weighted by Crippen LogP contribution is -2.13. The number of halogens is 3. The van der Waals surface area contributed by atoms with Crippen LogP contribution in [0.15, 0.2) is 41.2 Å². The number of aromatic amines is 1. The molecule has 0 atom stereocenters. The topological polar surface area (TPSA) is 32.9 Å². The lowest BCUT2D eigenvalue weighted by molar-refractivity contribution is -0.137. The molecule has 0 bridgehead atoms. The molecule has 1 aromatic heterocycles. The summed E-state index contributed by atoms with van der Waals surface area (Å²) in [4.78, 5) is 13.8. The fraction of sp³-hybridized carbons (Fsp3) is 0.312. The zero-order chi connectivity index (χ0) is 15.6. The third kappa shape index (κ3) is 3.97. The highest BCUT2D eigenvalue weighted by atomic mass is 19.4. The highest BCUT2D eigenvalue weighted by Gasteiger charge is 2.31. The van der Waals surface area contributed by atoms with Crippen LogP contribution in [-0.2, 0) is 12.6 Å². The van der Waals surface area contributed by atoms with E-state index in [9.17, 15) is 18.0 Å². The van der Waals surface area contributed by atoms with Crippen LogP contribution in [0.3, 0.4) is 0 Å². The molecule has 0 unspecified atom stereocenters. The van der Waals surface area contributed by atoms with Gasteiger partial charge in [-0.3, -0.25) is 4.79 Å². The summed E-state index contributed by atoms with van der Waals surface area (Å²) < 4.78 is 38.2. The minimum atomic E-state index is -4.53. The van der Waals surface area contributed by atoms with Crippen molar-refractivity contribution in [1.82, 2.24) is 4.98 Å². The van der Waals surface area contributed by atoms with Crippen molar-refractivity contribution in [2.75, 3.05) is 0 Å². The van der Waals surface area contributed by atoms with E-state index in [4.69, 9.17) is 0 Å². The second kappa shape index (κ2) is 5.76. The van der Waals surface area contributed by atoms with Gasteiger partial charge in [-0.1, -0.05) is 38.1 Å². The zero-order valence-corrected chi connectivity index (χ0v) is 11.8. The Kier molecular flexibility index (Phi) is 4.21. The van der Waals surface area contributed by atoms with E-state index in [-0.39, 0.29) is 5.69 Å². The predicted octanol–water partition coefficient (Wildman–Crippen LogP) is 4.26. The van der Waals surface area contributed by atoms with Crippen LogP contribution in [-0.4, -0.2) is 4.98 Å². The summed E-state index contributed by atoms with van der Waals surface area (Å²) in [5.74, 6) is 0.504. The molecular formula is C16H16F3NO. The molecule has 1 aromatic carbocycles. The molecule has 1 N–H and O–H groups in total. The van der Waals surface area contributed by atoms with Gasteiger partial charge in [-0.05, 0) is 29.5 Å². The van der Waals surface area contributed by atoms with E-state index in [0.29, 0.717) is 17.5 Å². The Bertz CT molecular complexity index is 669. The van der Waals surface area contributed by atoms with Crippen molar-refractivity contribution in [2.24, 2.45) is 5.92 Å². The molecule has 0 radical (unpaired) electrons. The lowest BCUT2D eigenvalue weighted by Gasteiger charge is -2.09. The molecule has 2 nitrogen and oxygen atoms in total. The van der Waals surface area contributed by atoms with Crippen LogP contribution in [0.25, 0.3) is 11.3 Å². The first-order chi connectivity index (χ1) is 9.75. The van der Waals surface area contributed by atoms with Gasteiger partial charge in [-0.2, -0.15) is 13.2 Å². The maximum Gasteiger partial charge on any atom is 0.416 e. The summed E-state index contributed by atoms with van der Waals surface area (Å²) in [7, 11) is 0. The van der Waals surface area contributed by atoms with E-state index in [1.54, 1.807) is 12.1 Å². The first-order valence-electron chi connectivity index (χ1n) is 6.66. The van der Waals surface area contributed by atoms with Crippen LogP contribution in [0.4, 0.5) is 13.2 Å². The number of rotatable bonds is 3. The third-order valence-electron chi connectivity index (χ3n) is 3.08. The maximum absolute atomic E-state index is 12.7. The first-order valence-corrected chi connectivity index (χ1v) is 6.66. The van der Waals surface area contributed by atoms with Crippen molar-refractivity contribution in [3.8, 4) is 11.3 Å². The average Bonchev–Trinajstić information content (AvgIpc) is 2.37. The van der Waals surface area contributed by atoms with Crippen LogP contribution in [0.1, 0.15) is 25.0 Å². The Morgan fingerprint density at radius 3 is 2.24 bits per heavy atom. The van der Waals surface area contributed by atoms with E-state index >= 15 is 0 Å². The normalized spacial score (nSPS) is 11.9. The number of hydrogen-bond donors (Lipinski definition) is 1. The molecule has 2 rings (SSSR count). The van der Waals surface area contributed by atoms with E-state index in [1.807, 2.05) is 12.1 Å². The highest BCUT2D eigenvalue weighted by Crippen LogP contribution is 2.30. The minimum absolute atomic E-state index is 0.172. The SMILES string of the molecule is CC(C)Cc1ccc(-c2cc(C(F)(F)F)cc(=O)[nH]2)cc1. The number of benzene rings is 1. The van der Waals surface area contributed by atoms with Crippen LogP contribution >= 0.6 is 0 Å². The molecule has 0 aliphatic heterocycles. The average molecular weight is 295 g/mol. The first kappa shape index (κ1) is 15.4. The molecule has 0 saturated heterocycles. The number of alkyl halides is 3. The van der Waals surface area contributed by atoms with Crippen molar-refractivity contribution < 1.29 is 13.2 Å². The zero-order valence-electron chi connectivity index (χ0n) is 11.8. The van der Waals surface area contributed by atoms with Gasteiger partial charge in [0.05, 0.1) is 5.56 Å². The largest absolute Gasteiger partial charge is 0.416 e. The summed E-state index contributed by atoms with van der Waals surface area (Å²) in [6.07, 6.45) is -3.63. The predicted molar refractivity (Wildman–Crippen MR) is 76.0 cm³/mol. The summed E-state index contributed by atoms with van der Waals surface area (Å²) >= 11 is 0. The molecule has 0 aliphatic rings. The van der Waals surface area contributed by atoms with Crippen LogP contribution in [0.2, 0.25) is 0 Å². The minimum Gasteiger partial charge on any atom is -0.322 e. The van der Waals surface area contributed by atoms with Crippen molar-refractivity contribution in [3.63, 3.8) is 0 Å². The van der Waals surface area contributed by atoms with Crippen molar-refractivity contribution in [2.45, 2.75) is 26.4 Å². The Morgan fingerprint density at radius 1 is 1.10 bits per heavy atom. The van der Waals surface area contributed by atoms with Gasteiger partial charge in [-0.25, -0.2) is 0 Å². The van der Waals surface area contributed by atoms with Crippen molar-refractivity contribution >= 4 is 0 Å². The lowest BCUT2D eigenvalue weighted by atomic mass is 10.0. The number of H-pyrrole nitrogens is 1. The standard InChI is InChI=1S/C16H16F3NO/c1-10(2)7-11-3-5-12(6-4-11)14-8-13(16(17,18)19)9-15(21)20-14/h3-6,8-10H,7H2,1-2H3,(H,20,21). The monoisotopic (exact) mass is 295 g/mol. The van der Waals surface area contributed by atoms with Gasteiger partial charge in [0.15, 0.2) is 0 Å². The van der Waals surface area contributed by atoms with Crippen LogP contribution < -0.4 is 5.56 Å². The molecular weight excluding hydrogens is 279 g/mol. The van der Waals surface area contributed by atoms with Gasteiger partial charge in [0.1, 0.15) is 0 Å². The van der Waals surface area contributed by atoms with Crippen molar-refractivity contribution in [1.29, 1.82) is 0 Å².